The molecule has 0 saturated carbocycles. The maximum atomic E-state index is 13.5. The standard InChI is InChI=1S/C24H25N3O2S/c1-26(2)13-6-14-27(24-25-21-16-20(29-3)11-12-22(21)30-24)23(28)19-10-9-17-7-4-5-8-18(17)15-19/h4-5,7-12,15-16H,6,13-14H2,1-3H3. The van der Waals surface area contributed by atoms with Crippen molar-refractivity contribution in [2.45, 2.75) is 6.42 Å². The molecule has 154 valence electrons. The fraction of sp³-hybridized carbons (Fsp3) is 0.250. The van der Waals surface area contributed by atoms with Crippen molar-refractivity contribution < 1.29 is 9.53 Å². The Morgan fingerprint density at radius 2 is 1.80 bits per heavy atom. The van der Waals surface area contributed by atoms with E-state index in [9.17, 15) is 4.79 Å². The van der Waals surface area contributed by atoms with Gasteiger partial charge in [-0.25, -0.2) is 4.98 Å². The monoisotopic (exact) mass is 419 g/mol. The van der Waals surface area contributed by atoms with E-state index in [1.54, 1.807) is 7.11 Å². The van der Waals surface area contributed by atoms with Crippen molar-refractivity contribution in [2.75, 3.05) is 39.2 Å². The van der Waals surface area contributed by atoms with Crippen LogP contribution in [0.3, 0.4) is 0 Å². The molecule has 3 aromatic carbocycles. The topological polar surface area (TPSA) is 45.7 Å². The van der Waals surface area contributed by atoms with E-state index in [-0.39, 0.29) is 5.91 Å². The summed E-state index contributed by atoms with van der Waals surface area (Å²) >= 11 is 1.53. The van der Waals surface area contributed by atoms with Crippen molar-refractivity contribution in [1.29, 1.82) is 0 Å². The highest BCUT2D eigenvalue weighted by molar-refractivity contribution is 7.22. The minimum Gasteiger partial charge on any atom is -0.497 e. The zero-order chi connectivity index (χ0) is 21.1. The third-order valence-corrected chi connectivity index (χ3v) is 6.10. The van der Waals surface area contributed by atoms with Crippen molar-refractivity contribution in [3.05, 3.63) is 66.2 Å². The molecule has 1 amide bonds. The van der Waals surface area contributed by atoms with Gasteiger partial charge < -0.3 is 9.64 Å². The first kappa shape index (κ1) is 20.3. The number of ether oxygens (including phenoxy) is 1. The molecule has 1 aromatic heterocycles. The number of anilines is 1. The summed E-state index contributed by atoms with van der Waals surface area (Å²) in [5.74, 6) is 0.741. The van der Waals surface area contributed by atoms with Gasteiger partial charge in [0.25, 0.3) is 5.91 Å². The molecule has 6 heteroatoms. The zero-order valence-electron chi connectivity index (χ0n) is 17.5. The summed E-state index contributed by atoms with van der Waals surface area (Å²) in [7, 11) is 5.73. The Kier molecular flexibility index (Phi) is 5.97. The molecule has 0 N–H and O–H groups in total. The van der Waals surface area contributed by atoms with Crippen LogP contribution in [0.15, 0.2) is 60.7 Å². The lowest BCUT2D eigenvalue weighted by Crippen LogP contribution is -2.33. The Bertz CT molecular complexity index is 1190. The second kappa shape index (κ2) is 8.81. The van der Waals surface area contributed by atoms with Crippen molar-refractivity contribution in [3.63, 3.8) is 0 Å². The first-order chi connectivity index (χ1) is 14.5. The van der Waals surface area contributed by atoms with Gasteiger partial charge in [0.2, 0.25) is 0 Å². The lowest BCUT2D eigenvalue weighted by atomic mass is 10.1. The summed E-state index contributed by atoms with van der Waals surface area (Å²) in [6.45, 7) is 1.51. The van der Waals surface area contributed by atoms with Crippen LogP contribution in [0.4, 0.5) is 5.13 Å². The molecule has 0 aliphatic rings. The van der Waals surface area contributed by atoms with Crippen LogP contribution in [0.25, 0.3) is 21.0 Å². The lowest BCUT2D eigenvalue weighted by molar-refractivity contribution is 0.0986. The number of hydrogen-bond donors (Lipinski definition) is 0. The number of fused-ring (bicyclic) bond motifs is 2. The van der Waals surface area contributed by atoms with Crippen molar-refractivity contribution >= 4 is 43.4 Å². The number of carbonyl (C=O) groups is 1. The van der Waals surface area contributed by atoms with Crippen LogP contribution in [0, 0.1) is 0 Å². The Morgan fingerprint density at radius 1 is 1.00 bits per heavy atom. The number of carbonyl (C=O) groups excluding carboxylic acids is 1. The highest BCUT2D eigenvalue weighted by Crippen LogP contribution is 2.32. The predicted molar refractivity (Wildman–Crippen MR) is 125 cm³/mol. The van der Waals surface area contributed by atoms with Gasteiger partial charge in [-0.2, -0.15) is 0 Å². The number of rotatable bonds is 7. The third kappa shape index (κ3) is 4.30. The molecule has 5 nitrogen and oxygen atoms in total. The number of amides is 1. The molecule has 0 fully saturated rings. The zero-order valence-corrected chi connectivity index (χ0v) is 18.3. The van der Waals surface area contributed by atoms with Gasteiger partial charge in [-0.1, -0.05) is 41.7 Å². The second-order valence-corrected chi connectivity index (χ2v) is 8.51. The Morgan fingerprint density at radius 3 is 2.57 bits per heavy atom. The predicted octanol–water partition coefficient (Wildman–Crippen LogP) is 5.06. The van der Waals surface area contributed by atoms with Crippen molar-refractivity contribution in [3.8, 4) is 5.75 Å². The molecule has 1 heterocycles. The highest BCUT2D eigenvalue weighted by atomic mass is 32.1. The van der Waals surface area contributed by atoms with Gasteiger partial charge in [-0.3, -0.25) is 9.69 Å². The van der Waals surface area contributed by atoms with Gasteiger partial charge in [-0.05, 0) is 62.1 Å². The number of hydrogen-bond acceptors (Lipinski definition) is 5. The van der Waals surface area contributed by atoms with Gasteiger partial charge in [0.05, 0.1) is 17.3 Å². The van der Waals surface area contributed by atoms with Crippen molar-refractivity contribution in [2.24, 2.45) is 0 Å². The average molecular weight is 420 g/mol. The summed E-state index contributed by atoms with van der Waals surface area (Å²) in [5.41, 5.74) is 1.52. The van der Waals surface area contributed by atoms with Crippen LogP contribution in [-0.2, 0) is 0 Å². The first-order valence-corrected chi connectivity index (χ1v) is 10.8. The molecular formula is C24H25N3O2S. The van der Waals surface area contributed by atoms with E-state index in [0.29, 0.717) is 12.1 Å². The minimum atomic E-state index is -0.0227. The van der Waals surface area contributed by atoms with Crippen LogP contribution >= 0.6 is 11.3 Å². The van der Waals surface area contributed by atoms with Gasteiger partial charge in [0.15, 0.2) is 5.13 Å². The molecule has 4 aromatic rings. The van der Waals surface area contributed by atoms with Crippen LogP contribution in [-0.4, -0.2) is 50.1 Å². The summed E-state index contributed by atoms with van der Waals surface area (Å²) in [6, 6.07) is 19.8. The van der Waals surface area contributed by atoms with Gasteiger partial charge in [0, 0.05) is 18.2 Å². The second-order valence-electron chi connectivity index (χ2n) is 7.51. The number of nitrogens with zero attached hydrogens (tertiary/aromatic N) is 3. The largest absolute Gasteiger partial charge is 0.497 e. The maximum Gasteiger partial charge on any atom is 0.260 e. The van der Waals surface area contributed by atoms with Crippen LogP contribution in [0.1, 0.15) is 16.8 Å². The molecule has 0 spiro atoms. The van der Waals surface area contributed by atoms with E-state index >= 15 is 0 Å². The molecule has 0 atom stereocenters. The number of benzene rings is 3. The number of aromatic nitrogens is 1. The quantitative estimate of drug-likeness (QED) is 0.420. The van der Waals surface area contributed by atoms with E-state index in [4.69, 9.17) is 9.72 Å². The first-order valence-electron chi connectivity index (χ1n) is 9.95. The van der Waals surface area contributed by atoms with Crippen LogP contribution in [0.2, 0.25) is 0 Å². The summed E-state index contributed by atoms with van der Waals surface area (Å²) in [6.07, 6.45) is 0.867. The van der Waals surface area contributed by atoms with E-state index in [0.717, 1.165) is 44.8 Å². The average Bonchev–Trinajstić information content (AvgIpc) is 3.18. The molecule has 0 aliphatic carbocycles. The minimum absolute atomic E-state index is 0.0227. The van der Waals surface area contributed by atoms with E-state index in [2.05, 4.69) is 11.0 Å². The molecule has 0 bridgehead atoms. The van der Waals surface area contributed by atoms with Crippen LogP contribution < -0.4 is 9.64 Å². The van der Waals surface area contributed by atoms with Crippen LogP contribution in [0.5, 0.6) is 5.75 Å². The van der Waals surface area contributed by atoms with E-state index in [1.807, 2.05) is 73.6 Å². The number of thiazole rings is 1. The summed E-state index contributed by atoms with van der Waals surface area (Å²) in [5, 5.41) is 2.90. The molecule has 0 unspecified atom stereocenters. The molecule has 30 heavy (non-hydrogen) atoms. The maximum absolute atomic E-state index is 13.5. The highest BCUT2D eigenvalue weighted by Gasteiger charge is 2.21. The molecule has 0 aliphatic heterocycles. The van der Waals surface area contributed by atoms with E-state index in [1.165, 1.54) is 11.3 Å². The smallest absolute Gasteiger partial charge is 0.260 e. The van der Waals surface area contributed by atoms with Crippen molar-refractivity contribution in [1.82, 2.24) is 9.88 Å². The molecule has 0 saturated heterocycles. The SMILES string of the molecule is COc1ccc2sc(N(CCCN(C)C)C(=O)c3ccc4ccccc4c3)nc2c1. The Hall–Kier alpha value is -2.96. The van der Waals surface area contributed by atoms with Gasteiger partial charge in [-0.15, -0.1) is 0 Å². The fourth-order valence-corrected chi connectivity index (χ4v) is 4.42. The number of methoxy groups -OCH3 is 1. The lowest BCUT2D eigenvalue weighted by Gasteiger charge is -2.21. The molecule has 4 rings (SSSR count). The third-order valence-electron chi connectivity index (χ3n) is 5.04. The Balaban J connectivity index is 1.70. The van der Waals surface area contributed by atoms with Gasteiger partial charge in [0.1, 0.15) is 5.75 Å². The molecular weight excluding hydrogens is 394 g/mol. The van der Waals surface area contributed by atoms with E-state index < -0.39 is 0 Å². The molecule has 0 radical (unpaired) electrons. The Labute approximate surface area is 180 Å². The van der Waals surface area contributed by atoms with Gasteiger partial charge >= 0.3 is 0 Å². The summed E-state index contributed by atoms with van der Waals surface area (Å²) in [4.78, 5) is 22.2. The summed E-state index contributed by atoms with van der Waals surface area (Å²) < 4.78 is 6.36. The fourth-order valence-electron chi connectivity index (χ4n) is 3.44. The normalized spacial score (nSPS) is 11.3.